The van der Waals surface area contributed by atoms with Crippen molar-refractivity contribution in [1.29, 1.82) is 0 Å². The minimum atomic E-state index is -3.60. The molecule has 162 valence electrons. The highest BCUT2D eigenvalue weighted by atomic mass is 32.2. The molecular formula is C22H17FN4O4S. The molecule has 4 N–H and O–H groups in total. The number of nitrogens with two attached hydrogens (primary N) is 1. The summed E-state index contributed by atoms with van der Waals surface area (Å²) in [6, 6.07) is 11.7. The Labute approximate surface area is 182 Å². The third-order valence-corrected chi connectivity index (χ3v) is 5.38. The molecular weight excluding hydrogens is 435 g/mol. The third-order valence-electron chi connectivity index (χ3n) is 4.77. The quantitative estimate of drug-likeness (QED) is 0.387. The number of primary amides is 1. The van der Waals surface area contributed by atoms with Gasteiger partial charge in [0.15, 0.2) is 5.78 Å². The van der Waals surface area contributed by atoms with Crippen molar-refractivity contribution in [2.45, 2.75) is 0 Å². The van der Waals surface area contributed by atoms with E-state index < -0.39 is 27.5 Å². The molecule has 10 heteroatoms. The van der Waals surface area contributed by atoms with E-state index in [4.69, 9.17) is 5.73 Å². The Morgan fingerprint density at radius 3 is 2.56 bits per heavy atom. The lowest BCUT2D eigenvalue weighted by molar-refractivity contribution is 0.0998. The maximum atomic E-state index is 14.4. The van der Waals surface area contributed by atoms with Crippen LogP contribution in [0.3, 0.4) is 0 Å². The normalized spacial score (nSPS) is 11.4. The van der Waals surface area contributed by atoms with Gasteiger partial charge in [0, 0.05) is 40.2 Å². The number of rotatable bonds is 6. The van der Waals surface area contributed by atoms with Gasteiger partial charge in [-0.25, -0.2) is 17.8 Å². The smallest absolute Gasteiger partial charge is 0.248 e. The van der Waals surface area contributed by atoms with E-state index in [9.17, 15) is 22.4 Å². The van der Waals surface area contributed by atoms with Gasteiger partial charge in [0.05, 0.1) is 11.8 Å². The van der Waals surface area contributed by atoms with Gasteiger partial charge in [0.25, 0.3) is 0 Å². The van der Waals surface area contributed by atoms with Crippen LogP contribution in [-0.2, 0) is 10.0 Å². The summed E-state index contributed by atoms with van der Waals surface area (Å²) in [5, 5.41) is 0.442. The second kappa shape index (κ2) is 7.89. The first-order valence-corrected chi connectivity index (χ1v) is 11.2. The summed E-state index contributed by atoms with van der Waals surface area (Å²) in [6.45, 7) is 0. The Bertz CT molecular complexity index is 1500. The SMILES string of the molecule is CS(=O)(=O)Nc1ccc(F)c(C(=O)c2c[nH]c3ncc(-c4cccc(C(N)=O)c4)cc23)c1. The number of amides is 1. The number of benzene rings is 2. The van der Waals surface area contributed by atoms with E-state index in [1.165, 1.54) is 12.3 Å². The molecule has 8 nitrogen and oxygen atoms in total. The summed E-state index contributed by atoms with van der Waals surface area (Å²) in [7, 11) is -3.60. The van der Waals surface area contributed by atoms with Crippen LogP contribution in [0, 0.1) is 5.82 Å². The van der Waals surface area contributed by atoms with Crippen molar-refractivity contribution in [2.75, 3.05) is 11.0 Å². The summed E-state index contributed by atoms with van der Waals surface area (Å²) >= 11 is 0. The van der Waals surface area contributed by atoms with Crippen molar-refractivity contribution < 1.29 is 22.4 Å². The largest absolute Gasteiger partial charge is 0.366 e. The Kier molecular flexibility index (Phi) is 5.23. The molecule has 4 rings (SSSR count). The Balaban J connectivity index is 1.78. The number of anilines is 1. The number of carbonyl (C=O) groups excluding carboxylic acids is 2. The van der Waals surface area contributed by atoms with Crippen molar-refractivity contribution in [3.05, 3.63) is 83.4 Å². The number of hydrogen-bond acceptors (Lipinski definition) is 5. The molecule has 4 aromatic rings. The molecule has 0 atom stereocenters. The van der Waals surface area contributed by atoms with E-state index in [1.807, 2.05) is 0 Å². The minimum absolute atomic E-state index is 0.0687. The number of nitrogens with one attached hydrogen (secondary N) is 2. The van der Waals surface area contributed by atoms with Crippen LogP contribution >= 0.6 is 0 Å². The lowest BCUT2D eigenvalue weighted by Crippen LogP contribution is -2.11. The summed E-state index contributed by atoms with van der Waals surface area (Å²) < 4.78 is 39.6. The molecule has 0 saturated heterocycles. The third kappa shape index (κ3) is 4.21. The zero-order valence-electron chi connectivity index (χ0n) is 16.7. The highest BCUT2D eigenvalue weighted by Gasteiger charge is 2.20. The number of aromatic nitrogens is 2. The molecule has 2 aromatic heterocycles. The van der Waals surface area contributed by atoms with Crippen LogP contribution in [0.1, 0.15) is 26.3 Å². The molecule has 1 amide bonds. The van der Waals surface area contributed by atoms with Gasteiger partial charge in [-0.1, -0.05) is 12.1 Å². The highest BCUT2D eigenvalue weighted by Crippen LogP contribution is 2.28. The highest BCUT2D eigenvalue weighted by molar-refractivity contribution is 7.92. The number of aromatic amines is 1. The van der Waals surface area contributed by atoms with Crippen LogP contribution in [0.5, 0.6) is 0 Å². The minimum Gasteiger partial charge on any atom is -0.366 e. The average molecular weight is 452 g/mol. The van der Waals surface area contributed by atoms with E-state index >= 15 is 0 Å². The molecule has 2 heterocycles. The van der Waals surface area contributed by atoms with Gasteiger partial charge in [-0.05, 0) is 42.0 Å². The standard InChI is InChI=1S/C22H17FN4O4S/c1-32(30,31)27-15-5-6-19(23)17(9-15)20(28)18-11-26-22-16(18)8-14(10-25-22)12-3-2-4-13(7-12)21(24)29/h2-11,27H,1H3,(H2,24,29)(H,25,26). The summed E-state index contributed by atoms with van der Waals surface area (Å²) in [5.41, 5.74) is 7.32. The molecule has 0 fully saturated rings. The Morgan fingerprint density at radius 2 is 1.84 bits per heavy atom. The van der Waals surface area contributed by atoms with Gasteiger partial charge < -0.3 is 10.7 Å². The van der Waals surface area contributed by atoms with Gasteiger partial charge in [-0.15, -0.1) is 0 Å². The second-order valence-electron chi connectivity index (χ2n) is 7.17. The Morgan fingerprint density at radius 1 is 1.06 bits per heavy atom. The van der Waals surface area contributed by atoms with Gasteiger partial charge in [-0.3, -0.25) is 14.3 Å². The fourth-order valence-corrected chi connectivity index (χ4v) is 3.88. The van der Waals surface area contributed by atoms with E-state index in [0.717, 1.165) is 18.4 Å². The predicted octanol–water partition coefficient (Wildman–Crippen LogP) is 3.07. The van der Waals surface area contributed by atoms with Crippen LogP contribution in [0.4, 0.5) is 10.1 Å². The lowest BCUT2D eigenvalue weighted by atomic mass is 9.99. The van der Waals surface area contributed by atoms with Gasteiger partial charge >= 0.3 is 0 Å². The number of pyridine rings is 1. The molecule has 0 aliphatic carbocycles. The van der Waals surface area contributed by atoms with Crippen molar-refractivity contribution in [1.82, 2.24) is 9.97 Å². The summed E-state index contributed by atoms with van der Waals surface area (Å²) in [5.74, 6) is -2.01. The number of H-pyrrole nitrogens is 1. The van der Waals surface area contributed by atoms with Gasteiger partial charge in [0.2, 0.25) is 15.9 Å². The molecule has 0 unspecified atom stereocenters. The predicted molar refractivity (Wildman–Crippen MR) is 118 cm³/mol. The monoisotopic (exact) mass is 452 g/mol. The molecule has 2 aromatic carbocycles. The fourth-order valence-electron chi connectivity index (χ4n) is 3.32. The van der Waals surface area contributed by atoms with Crippen LogP contribution < -0.4 is 10.5 Å². The van der Waals surface area contributed by atoms with Crippen molar-refractivity contribution >= 4 is 38.4 Å². The van der Waals surface area contributed by atoms with E-state index in [2.05, 4.69) is 14.7 Å². The topological polar surface area (TPSA) is 135 Å². The second-order valence-corrected chi connectivity index (χ2v) is 8.91. The number of nitrogens with zero attached hydrogens (tertiary/aromatic N) is 1. The van der Waals surface area contributed by atoms with Gasteiger partial charge in [0.1, 0.15) is 11.5 Å². The van der Waals surface area contributed by atoms with Crippen LogP contribution in [0.25, 0.3) is 22.2 Å². The first-order chi connectivity index (χ1) is 15.1. The maximum Gasteiger partial charge on any atom is 0.248 e. The summed E-state index contributed by atoms with van der Waals surface area (Å²) in [6.07, 6.45) is 3.95. The first-order valence-electron chi connectivity index (χ1n) is 9.32. The first kappa shape index (κ1) is 21.2. The number of carbonyl (C=O) groups is 2. The van der Waals surface area contributed by atoms with Crippen molar-refractivity contribution in [3.63, 3.8) is 0 Å². The zero-order valence-corrected chi connectivity index (χ0v) is 17.5. The zero-order chi connectivity index (χ0) is 23.0. The number of ketones is 1. The van der Waals surface area contributed by atoms with Gasteiger partial charge in [-0.2, -0.15) is 0 Å². The van der Waals surface area contributed by atoms with Crippen LogP contribution in [0.2, 0.25) is 0 Å². The average Bonchev–Trinajstić information content (AvgIpc) is 3.17. The van der Waals surface area contributed by atoms with E-state index in [0.29, 0.717) is 27.7 Å². The Hall–Kier alpha value is -4.05. The molecule has 0 spiro atoms. The number of hydrogen-bond donors (Lipinski definition) is 3. The van der Waals surface area contributed by atoms with Crippen molar-refractivity contribution in [2.24, 2.45) is 5.73 Å². The van der Waals surface area contributed by atoms with Crippen LogP contribution in [-0.4, -0.2) is 36.3 Å². The lowest BCUT2D eigenvalue weighted by Gasteiger charge is -2.08. The fraction of sp³-hybridized carbons (Fsp3) is 0.0455. The number of sulfonamides is 1. The van der Waals surface area contributed by atoms with E-state index in [-0.39, 0.29) is 16.8 Å². The maximum absolute atomic E-state index is 14.4. The molecule has 0 saturated carbocycles. The molecule has 32 heavy (non-hydrogen) atoms. The number of fused-ring (bicyclic) bond motifs is 1. The van der Waals surface area contributed by atoms with Crippen molar-refractivity contribution in [3.8, 4) is 11.1 Å². The molecule has 0 aliphatic heterocycles. The molecule has 0 aliphatic rings. The van der Waals surface area contributed by atoms with E-state index in [1.54, 1.807) is 36.5 Å². The molecule has 0 bridgehead atoms. The molecule has 0 radical (unpaired) electrons. The summed E-state index contributed by atoms with van der Waals surface area (Å²) in [4.78, 5) is 31.8. The number of halogens is 1. The van der Waals surface area contributed by atoms with Crippen LogP contribution in [0.15, 0.2) is 60.9 Å².